The van der Waals surface area contributed by atoms with Crippen LogP contribution in [0.3, 0.4) is 0 Å². The molecule has 3 rings (SSSR count). The van der Waals surface area contributed by atoms with E-state index in [0.29, 0.717) is 24.1 Å². The average molecular weight is 339 g/mol. The molecule has 2 aliphatic rings. The first-order valence-corrected chi connectivity index (χ1v) is 7.93. The second-order valence-corrected chi connectivity index (χ2v) is 6.55. The molecule has 1 aromatic rings. The highest BCUT2D eigenvalue weighted by molar-refractivity contribution is 6.01. The first kappa shape index (κ1) is 17.0. The van der Waals surface area contributed by atoms with E-state index in [1.807, 2.05) is 0 Å². The molecule has 130 valence electrons. The van der Waals surface area contributed by atoms with E-state index in [9.17, 15) is 18.0 Å². The van der Waals surface area contributed by atoms with Crippen LogP contribution in [0.15, 0.2) is 24.4 Å². The number of ketones is 1. The Balaban J connectivity index is 1.69. The molecule has 0 aliphatic carbocycles. The molecular formula is C17H20F3N3O. The lowest BCUT2D eigenvalue weighted by Gasteiger charge is -2.22. The Morgan fingerprint density at radius 1 is 1.25 bits per heavy atom. The third-order valence-electron chi connectivity index (χ3n) is 4.84. The van der Waals surface area contributed by atoms with Gasteiger partial charge in [0, 0.05) is 31.7 Å². The molecule has 0 radical (unpaired) electrons. The van der Waals surface area contributed by atoms with Crippen molar-refractivity contribution in [1.82, 2.24) is 9.80 Å². The van der Waals surface area contributed by atoms with Gasteiger partial charge in [0.05, 0.1) is 11.6 Å². The molecule has 0 saturated carbocycles. The summed E-state index contributed by atoms with van der Waals surface area (Å²) in [6.45, 7) is 2.90. The van der Waals surface area contributed by atoms with E-state index in [4.69, 9.17) is 5.73 Å². The molecule has 2 saturated heterocycles. The molecule has 4 nitrogen and oxygen atoms in total. The van der Waals surface area contributed by atoms with Crippen LogP contribution in [-0.4, -0.2) is 54.3 Å². The molecule has 0 spiro atoms. The van der Waals surface area contributed by atoms with E-state index in [1.165, 1.54) is 6.08 Å². The standard InChI is InChI=1S/C17H20F3N3O/c1-22-8-10-2-4-23(16(10)9-22)5-3-15(21)17(24)11-6-13(19)14(20)7-12(11)18/h3,5-7,10,15-16H,2,4,8-9,21H2,1H3/t10-,15+,16+/m0/s1. The molecule has 2 fully saturated rings. The Hall–Kier alpha value is -1.86. The van der Waals surface area contributed by atoms with Crippen molar-refractivity contribution in [1.29, 1.82) is 0 Å². The van der Waals surface area contributed by atoms with Crippen molar-refractivity contribution >= 4 is 5.78 Å². The number of likely N-dealkylation sites (N-methyl/N-ethyl adjacent to an activating group) is 1. The van der Waals surface area contributed by atoms with Crippen molar-refractivity contribution in [2.45, 2.75) is 18.5 Å². The normalized spacial score (nSPS) is 25.5. The number of rotatable bonds is 4. The maximum absolute atomic E-state index is 13.7. The number of carbonyl (C=O) groups excluding carboxylic acids is 1. The van der Waals surface area contributed by atoms with Gasteiger partial charge in [0.1, 0.15) is 5.82 Å². The fourth-order valence-corrected chi connectivity index (χ4v) is 3.57. The summed E-state index contributed by atoms with van der Waals surface area (Å²) in [7, 11) is 2.07. The first-order valence-electron chi connectivity index (χ1n) is 7.93. The van der Waals surface area contributed by atoms with E-state index in [2.05, 4.69) is 16.8 Å². The Morgan fingerprint density at radius 3 is 2.71 bits per heavy atom. The van der Waals surface area contributed by atoms with Gasteiger partial charge >= 0.3 is 0 Å². The molecule has 2 heterocycles. The average Bonchev–Trinajstić information content (AvgIpc) is 3.07. The minimum absolute atomic E-state index is 0.360. The number of Topliss-reactive ketones (excluding diaryl/α,β-unsaturated/α-hetero) is 1. The van der Waals surface area contributed by atoms with Gasteiger partial charge in [-0.05, 0) is 37.7 Å². The minimum Gasteiger partial charge on any atom is -0.373 e. The van der Waals surface area contributed by atoms with E-state index in [-0.39, 0.29) is 0 Å². The zero-order chi connectivity index (χ0) is 17.4. The Morgan fingerprint density at radius 2 is 1.96 bits per heavy atom. The molecule has 0 bridgehead atoms. The largest absolute Gasteiger partial charge is 0.373 e. The van der Waals surface area contributed by atoms with Crippen molar-refractivity contribution in [3.05, 3.63) is 47.4 Å². The smallest absolute Gasteiger partial charge is 0.186 e. The quantitative estimate of drug-likeness (QED) is 0.671. The molecule has 0 unspecified atom stereocenters. The van der Waals surface area contributed by atoms with Crippen LogP contribution < -0.4 is 5.73 Å². The summed E-state index contributed by atoms with van der Waals surface area (Å²) in [6.07, 6.45) is 4.34. The van der Waals surface area contributed by atoms with E-state index in [1.54, 1.807) is 6.20 Å². The number of nitrogens with two attached hydrogens (primary N) is 1. The van der Waals surface area contributed by atoms with Gasteiger partial charge in [0.25, 0.3) is 0 Å². The summed E-state index contributed by atoms with van der Waals surface area (Å²) in [5.74, 6) is -3.88. The number of hydrogen-bond acceptors (Lipinski definition) is 4. The van der Waals surface area contributed by atoms with Gasteiger partial charge in [0.2, 0.25) is 0 Å². The molecule has 1 aromatic carbocycles. The summed E-state index contributed by atoms with van der Waals surface area (Å²) in [5, 5.41) is 0. The number of benzene rings is 1. The van der Waals surface area contributed by atoms with Gasteiger partial charge in [-0.2, -0.15) is 0 Å². The topological polar surface area (TPSA) is 49.6 Å². The predicted octanol–water partition coefficient (Wildman–Crippen LogP) is 1.76. The van der Waals surface area contributed by atoms with Gasteiger partial charge in [-0.1, -0.05) is 0 Å². The van der Waals surface area contributed by atoms with Crippen molar-refractivity contribution in [3.63, 3.8) is 0 Å². The van der Waals surface area contributed by atoms with Crippen molar-refractivity contribution in [2.75, 3.05) is 26.7 Å². The molecular weight excluding hydrogens is 319 g/mol. The lowest BCUT2D eigenvalue weighted by molar-refractivity contribution is 0.0972. The molecule has 2 aliphatic heterocycles. The fraction of sp³-hybridized carbons (Fsp3) is 0.471. The van der Waals surface area contributed by atoms with E-state index in [0.717, 1.165) is 26.1 Å². The summed E-state index contributed by atoms with van der Waals surface area (Å²) in [4.78, 5) is 16.6. The van der Waals surface area contributed by atoms with Crippen molar-refractivity contribution < 1.29 is 18.0 Å². The zero-order valence-corrected chi connectivity index (χ0v) is 13.4. The number of nitrogens with zero attached hydrogens (tertiary/aromatic N) is 2. The Bertz CT molecular complexity index is 679. The molecule has 0 aromatic heterocycles. The van der Waals surface area contributed by atoms with E-state index >= 15 is 0 Å². The molecule has 7 heteroatoms. The van der Waals surface area contributed by atoms with Crippen LogP contribution in [0.1, 0.15) is 16.8 Å². The van der Waals surface area contributed by atoms with Gasteiger partial charge in [-0.25, -0.2) is 13.2 Å². The minimum atomic E-state index is -1.33. The van der Waals surface area contributed by atoms with Crippen LogP contribution in [0.2, 0.25) is 0 Å². The third kappa shape index (κ3) is 3.18. The number of fused-ring (bicyclic) bond motifs is 1. The number of halogens is 3. The highest BCUT2D eigenvalue weighted by Crippen LogP contribution is 2.30. The lowest BCUT2D eigenvalue weighted by atomic mass is 10.0. The third-order valence-corrected chi connectivity index (χ3v) is 4.84. The van der Waals surface area contributed by atoms with Gasteiger partial charge in [0.15, 0.2) is 17.4 Å². The van der Waals surface area contributed by atoms with Crippen LogP contribution in [-0.2, 0) is 0 Å². The molecule has 0 amide bonds. The van der Waals surface area contributed by atoms with E-state index < -0.39 is 34.8 Å². The van der Waals surface area contributed by atoms with Crippen LogP contribution in [0, 0.1) is 23.4 Å². The monoisotopic (exact) mass is 339 g/mol. The molecule has 2 N–H and O–H groups in total. The Labute approximate surface area is 138 Å². The maximum Gasteiger partial charge on any atom is 0.186 e. The van der Waals surface area contributed by atoms with Gasteiger partial charge < -0.3 is 15.5 Å². The van der Waals surface area contributed by atoms with Crippen LogP contribution in [0.4, 0.5) is 13.2 Å². The maximum atomic E-state index is 13.7. The summed E-state index contributed by atoms with van der Waals surface area (Å²) in [5.41, 5.74) is 5.26. The second-order valence-electron chi connectivity index (χ2n) is 6.55. The predicted molar refractivity (Wildman–Crippen MR) is 83.9 cm³/mol. The van der Waals surface area contributed by atoms with Gasteiger partial charge in [-0.3, -0.25) is 4.79 Å². The lowest BCUT2D eigenvalue weighted by Crippen LogP contribution is -2.33. The SMILES string of the molecule is CN1C[C@@H]2CCN(C=C[C@@H](N)C(=O)c3cc(F)c(F)cc3F)[C@@H]2C1. The molecule has 24 heavy (non-hydrogen) atoms. The van der Waals surface area contributed by atoms with Crippen molar-refractivity contribution in [3.8, 4) is 0 Å². The summed E-state index contributed by atoms with van der Waals surface area (Å²) in [6, 6.07) is 0.202. The number of likely N-dealkylation sites (tertiary alicyclic amines) is 2. The van der Waals surface area contributed by atoms with Crippen LogP contribution in [0.5, 0.6) is 0 Å². The van der Waals surface area contributed by atoms with Gasteiger partial charge in [-0.15, -0.1) is 0 Å². The highest BCUT2D eigenvalue weighted by atomic mass is 19.2. The molecule has 3 atom stereocenters. The fourth-order valence-electron chi connectivity index (χ4n) is 3.57. The Kier molecular flexibility index (Phi) is 4.64. The zero-order valence-electron chi connectivity index (χ0n) is 13.4. The summed E-state index contributed by atoms with van der Waals surface area (Å²) >= 11 is 0. The summed E-state index contributed by atoms with van der Waals surface area (Å²) < 4.78 is 39.9. The van der Waals surface area contributed by atoms with Crippen LogP contribution >= 0.6 is 0 Å². The first-order chi connectivity index (χ1) is 11.4. The number of hydrogen-bond donors (Lipinski definition) is 1. The van der Waals surface area contributed by atoms with Crippen LogP contribution in [0.25, 0.3) is 0 Å². The highest BCUT2D eigenvalue weighted by Gasteiger charge is 2.38. The second kappa shape index (κ2) is 6.57. The van der Waals surface area contributed by atoms with Crippen molar-refractivity contribution in [2.24, 2.45) is 11.7 Å². The number of carbonyl (C=O) groups is 1.